The van der Waals surface area contributed by atoms with Crippen LogP contribution in [0.15, 0.2) is 138 Å². The molecule has 0 aliphatic carbocycles. The monoisotopic (exact) mass is 913 g/mol. The molecule has 2 aromatic heterocycles. The number of rotatable bonds is 6. The first-order chi connectivity index (χ1) is 26.1. The summed E-state index contributed by atoms with van der Waals surface area (Å²) in [4.78, 5) is 7.10. The molecule has 0 amide bonds. The van der Waals surface area contributed by atoms with Crippen LogP contribution in [0.3, 0.4) is 0 Å². The minimum absolute atomic E-state index is 0. The Morgan fingerprint density at radius 1 is 0.709 bits per heavy atom. The van der Waals surface area contributed by atoms with Crippen molar-refractivity contribution in [1.82, 2.24) is 4.98 Å². The Hall–Kier alpha value is -5.00. The molecule has 55 heavy (non-hydrogen) atoms. The standard InChI is InChI=1S/C31H28N2O.C18H18NSi.Ir/c1-19(2)22-11-9-12-23(20(3)4)30(22)33-27-14-7-6-13-26(27)32-31(33)21-16-17-29-25(18-21)24-10-5-8-15-28(24)34-29;1-20(2,3)15-11-12-18(19-13-15)17-10-6-8-14-7-4-5-9-16(14)17;/h5-15,17-20,31H,1-4H3;4-9,11-13H,1-3H3;/q-2;-1;+3. The second kappa shape index (κ2) is 15.6. The smallest absolute Gasteiger partial charge is 0.661 e. The van der Waals surface area contributed by atoms with E-state index < -0.39 is 8.07 Å². The summed E-state index contributed by atoms with van der Waals surface area (Å²) in [5, 5.41) is 11.3. The molecular formula is C49H46IrN3OSi. The Morgan fingerprint density at radius 2 is 1.40 bits per heavy atom. The summed E-state index contributed by atoms with van der Waals surface area (Å²) >= 11 is 0. The van der Waals surface area contributed by atoms with Crippen molar-refractivity contribution < 1.29 is 24.5 Å². The predicted molar refractivity (Wildman–Crippen MR) is 231 cm³/mol. The van der Waals surface area contributed by atoms with Crippen LogP contribution >= 0.6 is 0 Å². The molecule has 4 nitrogen and oxygen atoms in total. The van der Waals surface area contributed by atoms with E-state index >= 15 is 0 Å². The maximum absolute atomic E-state index is 6.07. The van der Waals surface area contributed by atoms with E-state index in [-0.39, 0.29) is 26.3 Å². The molecule has 9 rings (SSSR count). The molecule has 276 valence electrons. The second-order valence-corrected chi connectivity index (χ2v) is 20.9. The third-order valence-electron chi connectivity index (χ3n) is 10.4. The number of anilines is 2. The SMILES string of the molecule is CC(C)c1cccc(C(C)C)c1N1c2ccccc2[N-]C1c1[c-]cc2oc3ccccc3c2c1.C[Si](C)(C)c1ccc(-c2[c-]ccc3ccccc23)nc1.[Ir+3]. The van der Waals surface area contributed by atoms with Gasteiger partial charge in [0.25, 0.3) is 0 Å². The first-order valence-electron chi connectivity index (χ1n) is 19.0. The van der Waals surface area contributed by atoms with Gasteiger partial charge in [-0.3, -0.25) is 0 Å². The van der Waals surface area contributed by atoms with Gasteiger partial charge in [-0.2, -0.15) is 17.7 Å². The quantitative estimate of drug-likeness (QED) is 0.123. The number of aromatic nitrogens is 1. The van der Waals surface area contributed by atoms with Crippen LogP contribution in [0, 0.1) is 12.1 Å². The van der Waals surface area contributed by atoms with Gasteiger partial charge < -0.3 is 19.6 Å². The van der Waals surface area contributed by atoms with E-state index in [2.05, 4.69) is 172 Å². The van der Waals surface area contributed by atoms with E-state index in [4.69, 9.17) is 9.73 Å². The van der Waals surface area contributed by atoms with E-state index in [1.54, 1.807) is 0 Å². The number of pyridine rings is 1. The van der Waals surface area contributed by atoms with Crippen molar-refractivity contribution in [2.45, 2.75) is 65.3 Å². The van der Waals surface area contributed by atoms with Crippen LogP contribution in [0.25, 0.3) is 49.3 Å². The molecule has 1 aliphatic rings. The maximum Gasteiger partial charge on any atom is 3.00 e. The minimum Gasteiger partial charge on any atom is -0.661 e. The molecule has 1 atom stereocenters. The molecule has 0 saturated heterocycles. The van der Waals surface area contributed by atoms with E-state index in [0.29, 0.717) is 11.8 Å². The Morgan fingerprint density at radius 3 is 2.11 bits per heavy atom. The van der Waals surface area contributed by atoms with Gasteiger partial charge in [0.15, 0.2) is 0 Å². The van der Waals surface area contributed by atoms with Crippen LogP contribution in [0.5, 0.6) is 0 Å². The van der Waals surface area contributed by atoms with E-state index in [0.717, 1.165) is 50.1 Å². The molecule has 8 aromatic rings. The summed E-state index contributed by atoms with van der Waals surface area (Å²) in [6.07, 6.45) is 1.85. The Kier molecular flexibility index (Phi) is 10.9. The van der Waals surface area contributed by atoms with Crippen LogP contribution in [0.4, 0.5) is 17.1 Å². The van der Waals surface area contributed by atoms with Gasteiger partial charge in [-0.1, -0.05) is 149 Å². The molecule has 6 aromatic carbocycles. The number of nitrogens with zero attached hydrogens (tertiary/aromatic N) is 3. The Bertz CT molecular complexity index is 2570. The van der Waals surface area contributed by atoms with Crippen molar-refractivity contribution in [1.29, 1.82) is 0 Å². The van der Waals surface area contributed by atoms with E-state index in [1.165, 1.54) is 32.8 Å². The Labute approximate surface area is 340 Å². The second-order valence-electron chi connectivity index (χ2n) is 15.8. The van der Waals surface area contributed by atoms with Crippen molar-refractivity contribution in [3.05, 3.63) is 168 Å². The third kappa shape index (κ3) is 7.39. The molecule has 0 fully saturated rings. The number of fused-ring (bicyclic) bond motifs is 5. The summed E-state index contributed by atoms with van der Waals surface area (Å²) in [6, 6.07) is 51.2. The largest absolute Gasteiger partial charge is 3.00 e. The number of benzene rings is 6. The molecular weight excluding hydrogens is 867 g/mol. The van der Waals surface area contributed by atoms with Crippen molar-refractivity contribution in [2.75, 3.05) is 4.90 Å². The predicted octanol–water partition coefficient (Wildman–Crippen LogP) is 13.7. The van der Waals surface area contributed by atoms with Crippen molar-refractivity contribution in [2.24, 2.45) is 0 Å². The average molecular weight is 913 g/mol. The fraction of sp³-hybridized carbons (Fsp3) is 0.204. The van der Waals surface area contributed by atoms with Gasteiger partial charge in [-0.15, -0.1) is 40.9 Å². The van der Waals surface area contributed by atoms with Crippen LogP contribution in [-0.2, 0) is 20.1 Å². The van der Waals surface area contributed by atoms with Crippen molar-refractivity contribution in [3.8, 4) is 11.3 Å². The first-order valence-corrected chi connectivity index (χ1v) is 22.5. The van der Waals surface area contributed by atoms with Gasteiger partial charge >= 0.3 is 20.1 Å². The van der Waals surface area contributed by atoms with E-state index in [9.17, 15) is 0 Å². The fourth-order valence-electron chi connectivity index (χ4n) is 7.53. The summed E-state index contributed by atoms with van der Waals surface area (Å²) in [7, 11) is -1.28. The van der Waals surface area contributed by atoms with Crippen LogP contribution < -0.4 is 10.1 Å². The molecule has 0 saturated carbocycles. The summed E-state index contributed by atoms with van der Waals surface area (Å²) < 4.78 is 6.07. The molecule has 3 heterocycles. The molecule has 0 spiro atoms. The number of hydrogen-bond donors (Lipinski definition) is 0. The van der Waals surface area contributed by atoms with Gasteiger partial charge in [-0.25, -0.2) is 0 Å². The number of hydrogen-bond acceptors (Lipinski definition) is 3. The zero-order valence-electron chi connectivity index (χ0n) is 32.5. The van der Waals surface area contributed by atoms with Gasteiger partial charge in [0.2, 0.25) is 0 Å². The van der Waals surface area contributed by atoms with Gasteiger partial charge in [0, 0.05) is 28.5 Å². The normalized spacial score (nSPS) is 13.8. The fourth-order valence-corrected chi connectivity index (χ4v) is 8.57. The molecule has 0 bridgehead atoms. The molecule has 0 radical (unpaired) electrons. The topological polar surface area (TPSA) is 43.4 Å². The molecule has 0 N–H and O–H groups in total. The summed E-state index contributed by atoms with van der Waals surface area (Å²) in [5.41, 5.74) is 11.0. The average Bonchev–Trinajstić information content (AvgIpc) is 3.75. The van der Waals surface area contributed by atoms with Crippen LogP contribution in [0.1, 0.15) is 62.4 Å². The van der Waals surface area contributed by atoms with Crippen molar-refractivity contribution in [3.63, 3.8) is 0 Å². The molecule has 1 unspecified atom stereocenters. The van der Waals surface area contributed by atoms with Gasteiger partial charge in [0.1, 0.15) is 5.58 Å². The Balaban J connectivity index is 0.000000190. The summed E-state index contributed by atoms with van der Waals surface area (Å²) in [6.45, 7) is 16.1. The molecule has 6 heteroatoms. The van der Waals surface area contributed by atoms with Crippen LogP contribution in [0.2, 0.25) is 19.6 Å². The zero-order chi connectivity index (χ0) is 37.6. The van der Waals surface area contributed by atoms with E-state index in [1.807, 2.05) is 30.5 Å². The third-order valence-corrected chi connectivity index (χ3v) is 12.5. The van der Waals surface area contributed by atoms with Crippen molar-refractivity contribution >= 4 is 63.0 Å². The molecule has 1 aliphatic heterocycles. The summed E-state index contributed by atoms with van der Waals surface area (Å²) in [5.74, 6) is 0.790. The maximum atomic E-state index is 6.07. The first kappa shape index (κ1) is 38.3. The minimum atomic E-state index is -1.28. The van der Waals surface area contributed by atoms with Crippen LogP contribution in [-0.4, -0.2) is 13.1 Å². The number of furan rings is 1. The van der Waals surface area contributed by atoms with Gasteiger partial charge in [0.05, 0.1) is 8.07 Å². The zero-order valence-corrected chi connectivity index (χ0v) is 35.9. The van der Waals surface area contributed by atoms with Gasteiger partial charge in [-0.05, 0) is 52.1 Å². The number of para-hydroxylation sites is 4.